The summed E-state index contributed by atoms with van der Waals surface area (Å²) in [6, 6.07) is 7.21. The van der Waals surface area contributed by atoms with E-state index in [0.717, 1.165) is 13.0 Å². The fraction of sp³-hybridized carbons (Fsp3) is 0.500. The smallest absolute Gasteiger partial charge is 0.183 e. The molecule has 1 aliphatic carbocycles. The van der Waals surface area contributed by atoms with Gasteiger partial charge in [0.1, 0.15) is 5.75 Å². The highest BCUT2D eigenvalue weighted by Crippen LogP contribution is 2.20. The van der Waals surface area contributed by atoms with E-state index in [2.05, 4.69) is 11.4 Å². The van der Waals surface area contributed by atoms with E-state index in [9.17, 15) is 4.79 Å². The van der Waals surface area contributed by atoms with Crippen molar-refractivity contribution >= 4 is 5.78 Å². The summed E-state index contributed by atoms with van der Waals surface area (Å²) in [4.78, 5) is 12.4. The van der Waals surface area contributed by atoms with E-state index in [1.165, 1.54) is 31.3 Å². The third-order valence-electron chi connectivity index (χ3n) is 4.05. The van der Waals surface area contributed by atoms with Gasteiger partial charge >= 0.3 is 0 Å². The quantitative estimate of drug-likeness (QED) is 0.613. The topological polar surface area (TPSA) is 38.3 Å². The lowest BCUT2D eigenvalue weighted by molar-refractivity contribution is 0.0948. The van der Waals surface area contributed by atoms with Crippen LogP contribution >= 0.6 is 0 Å². The number of allylic oxidation sites excluding steroid dienone is 1. The van der Waals surface area contributed by atoms with E-state index < -0.39 is 0 Å². The van der Waals surface area contributed by atoms with Gasteiger partial charge in [0.15, 0.2) is 5.78 Å². The lowest BCUT2D eigenvalue weighted by Crippen LogP contribution is -2.35. The van der Waals surface area contributed by atoms with Crippen molar-refractivity contribution in [2.45, 2.75) is 45.1 Å². The Balaban J connectivity index is 1.86. The maximum Gasteiger partial charge on any atom is 0.183 e. The summed E-state index contributed by atoms with van der Waals surface area (Å²) in [5.74, 6) is 0.733. The molecule has 0 radical (unpaired) electrons. The van der Waals surface area contributed by atoms with E-state index in [0.29, 0.717) is 11.3 Å². The molecule has 3 nitrogen and oxygen atoms in total. The summed E-state index contributed by atoms with van der Waals surface area (Å²) in [7, 11) is 1.60. The predicted octanol–water partition coefficient (Wildman–Crippen LogP) is 3.75. The number of carbonyl (C=O) groups excluding carboxylic acids is 1. The Morgan fingerprint density at radius 3 is 2.86 bits per heavy atom. The molecular weight excluding hydrogens is 262 g/mol. The van der Waals surface area contributed by atoms with Gasteiger partial charge in [-0.3, -0.25) is 4.79 Å². The van der Waals surface area contributed by atoms with E-state index in [-0.39, 0.29) is 11.8 Å². The highest BCUT2D eigenvalue weighted by atomic mass is 16.5. The second-order valence-corrected chi connectivity index (χ2v) is 5.60. The molecule has 1 aliphatic rings. The molecule has 0 spiro atoms. The van der Waals surface area contributed by atoms with Crippen molar-refractivity contribution in [3.05, 3.63) is 41.5 Å². The number of benzene rings is 1. The van der Waals surface area contributed by atoms with E-state index in [1.807, 2.05) is 31.2 Å². The number of para-hydroxylation sites is 1. The summed E-state index contributed by atoms with van der Waals surface area (Å²) >= 11 is 0. The highest BCUT2D eigenvalue weighted by molar-refractivity contribution is 6.02. The lowest BCUT2D eigenvalue weighted by Gasteiger charge is -2.17. The van der Waals surface area contributed by atoms with Crippen LogP contribution in [0.5, 0.6) is 5.75 Å². The number of hydrogen-bond acceptors (Lipinski definition) is 3. The Morgan fingerprint density at radius 2 is 2.14 bits per heavy atom. The zero-order valence-electron chi connectivity index (χ0n) is 13.0. The van der Waals surface area contributed by atoms with Crippen molar-refractivity contribution in [3.8, 4) is 5.75 Å². The molecule has 21 heavy (non-hydrogen) atoms. The van der Waals surface area contributed by atoms with E-state index in [4.69, 9.17) is 4.74 Å². The molecule has 0 heterocycles. The van der Waals surface area contributed by atoms with Gasteiger partial charge in [-0.1, -0.05) is 23.8 Å². The van der Waals surface area contributed by atoms with Crippen molar-refractivity contribution < 1.29 is 9.53 Å². The molecule has 1 N–H and O–H groups in total. The largest absolute Gasteiger partial charge is 0.496 e. The maximum atomic E-state index is 12.4. The minimum absolute atomic E-state index is 0.0880. The first kappa shape index (κ1) is 15.8. The average molecular weight is 287 g/mol. The maximum absolute atomic E-state index is 12.4. The van der Waals surface area contributed by atoms with Gasteiger partial charge < -0.3 is 10.1 Å². The fourth-order valence-corrected chi connectivity index (χ4v) is 2.76. The first-order valence-electron chi connectivity index (χ1n) is 7.81. The van der Waals surface area contributed by atoms with Gasteiger partial charge in [-0.15, -0.1) is 0 Å². The summed E-state index contributed by atoms with van der Waals surface area (Å²) in [5.41, 5.74) is 2.18. The number of carbonyl (C=O) groups is 1. The SMILES string of the molecule is COc1ccccc1C(=O)C(C)NCCC1=CCCCC1. The van der Waals surface area contributed by atoms with Gasteiger partial charge in [0.25, 0.3) is 0 Å². The first-order chi connectivity index (χ1) is 10.2. The van der Waals surface area contributed by atoms with Gasteiger partial charge in [-0.05, 0) is 57.7 Å². The number of hydrogen-bond donors (Lipinski definition) is 1. The predicted molar refractivity (Wildman–Crippen MR) is 86.0 cm³/mol. The van der Waals surface area contributed by atoms with Crippen LogP contribution in [0, 0.1) is 0 Å². The number of methoxy groups -OCH3 is 1. The number of ether oxygens (including phenoxy) is 1. The van der Waals surface area contributed by atoms with Crippen LogP contribution in [0.4, 0.5) is 0 Å². The number of Topliss-reactive ketones (excluding diaryl/α,β-unsaturated/α-hetero) is 1. The second kappa shape index (κ2) is 7.99. The third-order valence-corrected chi connectivity index (χ3v) is 4.05. The Labute approximate surface area is 127 Å². The van der Waals surface area contributed by atoms with Gasteiger partial charge in [-0.2, -0.15) is 0 Å². The number of rotatable bonds is 7. The van der Waals surface area contributed by atoms with Gasteiger partial charge in [0, 0.05) is 0 Å². The van der Waals surface area contributed by atoms with Crippen molar-refractivity contribution in [2.24, 2.45) is 0 Å². The monoisotopic (exact) mass is 287 g/mol. The van der Waals surface area contributed by atoms with Crippen LogP contribution in [-0.4, -0.2) is 25.5 Å². The summed E-state index contributed by atoms with van der Waals surface area (Å²) in [6.45, 7) is 2.78. The van der Waals surface area contributed by atoms with Crippen LogP contribution in [0.15, 0.2) is 35.9 Å². The molecule has 1 aromatic rings. The molecule has 0 fully saturated rings. The van der Waals surface area contributed by atoms with Crippen molar-refractivity contribution in [3.63, 3.8) is 0 Å². The second-order valence-electron chi connectivity index (χ2n) is 5.60. The molecule has 1 aromatic carbocycles. The van der Waals surface area contributed by atoms with E-state index >= 15 is 0 Å². The Hall–Kier alpha value is -1.61. The molecule has 0 aliphatic heterocycles. The van der Waals surface area contributed by atoms with Crippen molar-refractivity contribution in [1.29, 1.82) is 0 Å². The van der Waals surface area contributed by atoms with Crippen LogP contribution in [0.2, 0.25) is 0 Å². The molecule has 114 valence electrons. The van der Waals surface area contributed by atoms with Crippen molar-refractivity contribution in [1.82, 2.24) is 5.32 Å². The van der Waals surface area contributed by atoms with Crippen LogP contribution in [-0.2, 0) is 0 Å². The molecule has 3 heteroatoms. The molecule has 0 saturated heterocycles. The van der Waals surface area contributed by atoms with Crippen molar-refractivity contribution in [2.75, 3.05) is 13.7 Å². The third kappa shape index (κ3) is 4.43. The Kier molecular flexibility index (Phi) is 6.00. The van der Waals surface area contributed by atoms with E-state index in [1.54, 1.807) is 7.11 Å². The zero-order valence-corrected chi connectivity index (χ0v) is 13.0. The first-order valence-corrected chi connectivity index (χ1v) is 7.81. The van der Waals surface area contributed by atoms with Crippen LogP contribution in [0.25, 0.3) is 0 Å². The number of nitrogens with one attached hydrogen (secondary N) is 1. The molecule has 1 unspecified atom stereocenters. The van der Waals surface area contributed by atoms with Crippen LogP contribution in [0.3, 0.4) is 0 Å². The molecular formula is C18H25NO2. The van der Waals surface area contributed by atoms with Crippen LogP contribution < -0.4 is 10.1 Å². The Morgan fingerprint density at radius 1 is 1.33 bits per heavy atom. The molecule has 0 aromatic heterocycles. The number of ketones is 1. The average Bonchev–Trinajstić information content (AvgIpc) is 2.55. The molecule has 2 rings (SSSR count). The summed E-state index contributed by atoms with van der Waals surface area (Å²) in [6.07, 6.45) is 8.46. The minimum atomic E-state index is -0.189. The standard InChI is InChI=1S/C18H25NO2/c1-14(19-13-12-15-8-4-3-5-9-15)18(20)16-10-6-7-11-17(16)21-2/h6-8,10-11,14,19H,3-5,9,12-13H2,1-2H3. The van der Waals surface area contributed by atoms with Gasteiger partial charge in [0.2, 0.25) is 0 Å². The molecule has 0 amide bonds. The normalized spacial score (nSPS) is 16.2. The van der Waals surface area contributed by atoms with Gasteiger partial charge in [0.05, 0.1) is 18.7 Å². The molecule has 0 saturated carbocycles. The molecule has 1 atom stereocenters. The lowest BCUT2D eigenvalue weighted by atomic mass is 9.97. The summed E-state index contributed by atoms with van der Waals surface area (Å²) < 4.78 is 5.26. The van der Waals surface area contributed by atoms with Crippen LogP contribution in [0.1, 0.15) is 49.4 Å². The molecule has 0 bridgehead atoms. The highest BCUT2D eigenvalue weighted by Gasteiger charge is 2.18. The Bertz CT molecular complexity index is 508. The minimum Gasteiger partial charge on any atom is -0.496 e. The zero-order chi connectivity index (χ0) is 15.1. The fourth-order valence-electron chi connectivity index (χ4n) is 2.76. The summed E-state index contributed by atoms with van der Waals surface area (Å²) in [5, 5.41) is 3.33. The van der Waals surface area contributed by atoms with Gasteiger partial charge in [-0.25, -0.2) is 0 Å².